The molecule has 2 N–H and O–H groups in total. The number of rotatable bonds is 0. The summed E-state index contributed by atoms with van der Waals surface area (Å²) in [6.45, 7) is 0. The highest BCUT2D eigenvalue weighted by Gasteiger charge is 2.32. The van der Waals surface area contributed by atoms with E-state index in [0.717, 1.165) is 36.4 Å². The van der Waals surface area contributed by atoms with Crippen LogP contribution in [0.1, 0.15) is 16.7 Å². The first kappa shape index (κ1) is 33.6. The summed E-state index contributed by atoms with van der Waals surface area (Å²) in [5.74, 6) is 0. The second kappa shape index (κ2) is 13.1. The van der Waals surface area contributed by atoms with Crippen molar-refractivity contribution in [3.63, 3.8) is 0 Å². The van der Waals surface area contributed by atoms with Gasteiger partial charge in [0.1, 0.15) is 0 Å². The van der Waals surface area contributed by atoms with Gasteiger partial charge < -0.3 is 5.73 Å². The number of hydrogen-bond acceptors (Lipinski definition) is 1. The van der Waals surface area contributed by atoms with Crippen molar-refractivity contribution in [2.24, 2.45) is 0 Å². The highest BCUT2D eigenvalue weighted by molar-refractivity contribution is 6.48. The van der Waals surface area contributed by atoms with Crippen molar-refractivity contribution < 1.29 is 39.5 Å². The topological polar surface area (TPSA) is 26.0 Å². The number of hydrogen-bond donors (Lipinski definition) is 1. The van der Waals surface area contributed by atoms with E-state index in [4.69, 9.17) is 75.3 Å². The van der Waals surface area contributed by atoms with Crippen molar-refractivity contribution in [1.82, 2.24) is 0 Å². The molecule has 204 valence electrons. The first-order valence-corrected chi connectivity index (χ1v) is 11.3. The molecular weight excluding hydrogens is 650 g/mol. The predicted molar refractivity (Wildman–Crippen MR) is 129 cm³/mol. The fourth-order valence-electron chi connectivity index (χ4n) is 2.11. The van der Waals surface area contributed by atoms with Crippen molar-refractivity contribution in [1.29, 1.82) is 0 Å². The van der Waals surface area contributed by atoms with Crippen LogP contribution in [-0.4, -0.2) is 0 Å². The summed E-state index contributed by atoms with van der Waals surface area (Å²) in [5.41, 5.74) is 2.72. The molecule has 0 aromatic heterocycles. The minimum atomic E-state index is -4.46. The van der Waals surface area contributed by atoms with Gasteiger partial charge in [0.2, 0.25) is 0 Å². The molecule has 0 aliphatic carbocycles. The Bertz CT molecular complexity index is 1090. The van der Waals surface area contributed by atoms with Gasteiger partial charge in [-0.05, 0) is 48.5 Å². The van der Waals surface area contributed by atoms with Crippen molar-refractivity contribution >= 4 is 75.3 Å². The lowest BCUT2D eigenvalue weighted by molar-refractivity contribution is -0.138. The SMILES string of the molecule is FC(F)(F)c1cc(Cl)c(Cl)c(Cl)c1.FC(F)(F)c1ccc(Cl)cc1.Nc1c(Cl)cc(C(F)(F)F)cc1Cl. The Hall–Kier alpha value is -1.43. The summed E-state index contributed by atoms with van der Waals surface area (Å²) in [5, 5.41) is -0.572. The molecule has 0 aliphatic heterocycles. The standard InChI is InChI=1S/C7H2Cl3F3.C7H4Cl2F3N.C7H4ClF3/c8-4-1-3(7(11,12)13)2-5(9)6(4)10;8-4-1-3(7(10,11)12)2-5(9)6(4)13;8-6-3-1-5(2-4-6)7(9,10)11/h1-2H;1-2H,13H2;1-4H. The monoisotopic (exact) mass is 657 g/mol. The van der Waals surface area contributed by atoms with Gasteiger partial charge in [-0.3, -0.25) is 0 Å². The molecule has 16 heteroatoms. The summed E-state index contributed by atoms with van der Waals surface area (Å²) in [6.07, 6.45) is -13.2. The first-order valence-electron chi connectivity index (χ1n) is 9.00. The predicted octanol–water partition coefficient (Wildman–Crippen LogP) is 11.6. The fraction of sp³-hybridized carbons (Fsp3) is 0.143. The van der Waals surface area contributed by atoms with E-state index in [2.05, 4.69) is 0 Å². The summed E-state index contributed by atoms with van der Waals surface area (Å²) in [4.78, 5) is 0. The van der Waals surface area contributed by atoms with Crippen molar-refractivity contribution in [3.05, 3.63) is 95.4 Å². The minimum absolute atomic E-state index is 0.0451. The van der Waals surface area contributed by atoms with Crippen LogP contribution in [0.2, 0.25) is 30.1 Å². The normalized spacial score (nSPS) is 11.8. The van der Waals surface area contributed by atoms with Gasteiger partial charge in [-0.2, -0.15) is 39.5 Å². The van der Waals surface area contributed by atoms with Crippen LogP contribution in [0.4, 0.5) is 45.2 Å². The van der Waals surface area contributed by atoms with E-state index in [-0.39, 0.29) is 30.8 Å². The van der Waals surface area contributed by atoms with Crippen LogP contribution in [0.5, 0.6) is 0 Å². The molecule has 1 nitrogen and oxygen atoms in total. The number of halogens is 15. The molecule has 0 radical (unpaired) electrons. The molecule has 3 aromatic rings. The summed E-state index contributed by atoms with van der Waals surface area (Å²) >= 11 is 32.5. The van der Waals surface area contributed by atoms with E-state index >= 15 is 0 Å². The molecular formula is C21H10Cl6F9N. The van der Waals surface area contributed by atoms with Crippen molar-refractivity contribution in [2.45, 2.75) is 18.5 Å². The molecule has 37 heavy (non-hydrogen) atoms. The Morgan fingerprint density at radius 3 is 1.05 bits per heavy atom. The molecule has 3 aromatic carbocycles. The van der Waals surface area contributed by atoms with Gasteiger partial charge in [-0.1, -0.05) is 69.6 Å². The van der Waals surface area contributed by atoms with E-state index in [0.29, 0.717) is 5.02 Å². The second-order valence-electron chi connectivity index (χ2n) is 6.61. The maximum Gasteiger partial charge on any atom is 0.416 e. The van der Waals surface area contributed by atoms with E-state index < -0.39 is 35.2 Å². The minimum Gasteiger partial charge on any atom is -0.396 e. The van der Waals surface area contributed by atoms with Crippen molar-refractivity contribution in [2.75, 3.05) is 5.73 Å². The zero-order valence-corrected chi connectivity index (χ0v) is 21.9. The fourth-order valence-corrected chi connectivity index (χ4v) is 3.32. The largest absolute Gasteiger partial charge is 0.416 e. The Morgan fingerprint density at radius 2 is 0.757 bits per heavy atom. The maximum absolute atomic E-state index is 12.1. The Morgan fingerprint density at radius 1 is 0.459 bits per heavy atom. The average molecular weight is 660 g/mol. The van der Waals surface area contributed by atoms with Crippen LogP contribution in [0.15, 0.2) is 48.5 Å². The number of alkyl halides is 9. The molecule has 0 saturated carbocycles. The van der Waals surface area contributed by atoms with Crippen LogP contribution in [0, 0.1) is 0 Å². The zero-order chi connectivity index (χ0) is 28.9. The smallest absolute Gasteiger partial charge is 0.396 e. The number of benzene rings is 3. The van der Waals surface area contributed by atoms with E-state index in [1.807, 2.05) is 0 Å². The maximum atomic E-state index is 12.1. The molecule has 0 amide bonds. The third-order valence-corrected chi connectivity index (χ3v) is 5.96. The van der Waals surface area contributed by atoms with Crippen LogP contribution in [0.25, 0.3) is 0 Å². The molecule has 0 aliphatic rings. The third-order valence-electron chi connectivity index (χ3n) is 3.89. The van der Waals surface area contributed by atoms with Crippen LogP contribution >= 0.6 is 69.6 Å². The van der Waals surface area contributed by atoms with Gasteiger partial charge >= 0.3 is 18.5 Å². The number of anilines is 1. The Labute approximate surface area is 233 Å². The van der Waals surface area contributed by atoms with E-state index in [9.17, 15) is 39.5 Å². The second-order valence-corrected chi connectivity index (χ2v) is 9.05. The lowest BCUT2D eigenvalue weighted by Gasteiger charge is -2.09. The quantitative estimate of drug-likeness (QED) is 0.145. The summed E-state index contributed by atoms with van der Waals surface area (Å²) in [7, 11) is 0. The van der Waals surface area contributed by atoms with Gasteiger partial charge in [-0.15, -0.1) is 0 Å². The molecule has 0 atom stereocenters. The number of nitrogens with two attached hydrogens (primary N) is 1. The number of nitrogen functional groups attached to an aromatic ring is 1. The van der Waals surface area contributed by atoms with Gasteiger partial charge in [0.25, 0.3) is 0 Å². The van der Waals surface area contributed by atoms with Gasteiger partial charge in [0.15, 0.2) is 0 Å². The van der Waals surface area contributed by atoms with Crippen LogP contribution in [0.3, 0.4) is 0 Å². The average Bonchev–Trinajstić information content (AvgIpc) is 2.74. The zero-order valence-electron chi connectivity index (χ0n) is 17.4. The molecule has 0 spiro atoms. The highest BCUT2D eigenvalue weighted by Crippen LogP contribution is 2.38. The third kappa shape index (κ3) is 10.7. The van der Waals surface area contributed by atoms with Gasteiger partial charge in [0, 0.05) is 5.02 Å². The Kier molecular flexibility index (Phi) is 11.9. The summed E-state index contributed by atoms with van der Waals surface area (Å²) < 4.78 is 108. The molecule has 0 fully saturated rings. The van der Waals surface area contributed by atoms with Crippen LogP contribution in [-0.2, 0) is 18.5 Å². The first-order chi connectivity index (χ1) is 16.6. The molecule has 0 unspecified atom stereocenters. The van der Waals surface area contributed by atoms with E-state index in [1.165, 1.54) is 12.1 Å². The lowest BCUT2D eigenvalue weighted by atomic mass is 10.2. The highest BCUT2D eigenvalue weighted by atomic mass is 35.5. The van der Waals surface area contributed by atoms with Crippen LogP contribution < -0.4 is 5.73 Å². The molecule has 3 rings (SSSR count). The Balaban J connectivity index is 0.000000279. The lowest BCUT2D eigenvalue weighted by Crippen LogP contribution is -2.05. The molecule has 0 saturated heterocycles. The van der Waals surface area contributed by atoms with Gasteiger partial charge in [-0.25, -0.2) is 0 Å². The molecule has 0 bridgehead atoms. The summed E-state index contributed by atoms with van der Waals surface area (Å²) in [6, 6.07) is 7.26. The van der Waals surface area contributed by atoms with Gasteiger partial charge in [0.05, 0.1) is 47.5 Å². The van der Waals surface area contributed by atoms with E-state index in [1.54, 1.807) is 0 Å². The molecule has 0 heterocycles. The van der Waals surface area contributed by atoms with Crippen molar-refractivity contribution in [3.8, 4) is 0 Å².